The lowest BCUT2D eigenvalue weighted by Crippen LogP contribution is -2.14. The molecule has 5 heteroatoms. The number of thiophene rings is 1. The molecule has 0 fully saturated rings. The van der Waals surface area contributed by atoms with Crippen molar-refractivity contribution < 1.29 is 9.53 Å². The Hall–Kier alpha value is -2.40. The Bertz CT molecular complexity index is 871. The van der Waals surface area contributed by atoms with Gasteiger partial charge in [0.15, 0.2) is 0 Å². The number of nitrogens with zero attached hydrogens (tertiary/aromatic N) is 1. The summed E-state index contributed by atoms with van der Waals surface area (Å²) in [6.07, 6.45) is 0.277. The van der Waals surface area contributed by atoms with Gasteiger partial charge in [0.05, 0.1) is 19.2 Å². The number of aryl methyl sites for hydroxylation is 2. The summed E-state index contributed by atoms with van der Waals surface area (Å²) in [5.41, 5.74) is 3.82. The molecule has 0 aliphatic carbocycles. The topological polar surface area (TPSA) is 51.2 Å². The van der Waals surface area contributed by atoms with Crippen molar-refractivity contribution in [1.29, 1.82) is 0 Å². The quantitative estimate of drug-likeness (QED) is 0.785. The second-order valence-corrected chi connectivity index (χ2v) is 6.30. The number of carbonyl (C=O) groups is 1. The van der Waals surface area contributed by atoms with Gasteiger partial charge in [0.25, 0.3) is 0 Å². The number of benzene rings is 1. The van der Waals surface area contributed by atoms with E-state index in [1.165, 1.54) is 0 Å². The highest BCUT2D eigenvalue weighted by molar-refractivity contribution is 7.17. The lowest BCUT2D eigenvalue weighted by atomic mass is 10.1. The van der Waals surface area contributed by atoms with Gasteiger partial charge in [-0.3, -0.25) is 4.79 Å². The first kappa shape index (κ1) is 15.5. The first-order valence-electron chi connectivity index (χ1n) is 7.35. The van der Waals surface area contributed by atoms with Crippen molar-refractivity contribution >= 4 is 33.1 Å². The van der Waals surface area contributed by atoms with Crippen LogP contribution in [-0.4, -0.2) is 18.0 Å². The number of aromatic nitrogens is 1. The van der Waals surface area contributed by atoms with E-state index < -0.39 is 0 Å². The Balaban J connectivity index is 1.83. The summed E-state index contributed by atoms with van der Waals surface area (Å²) >= 11 is 1.55. The van der Waals surface area contributed by atoms with Gasteiger partial charge in [-0.25, -0.2) is 4.98 Å². The molecule has 0 aliphatic heterocycles. The molecule has 0 atom stereocenters. The molecule has 0 saturated heterocycles. The van der Waals surface area contributed by atoms with Crippen LogP contribution < -0.4 is 10.1 Å². The van der Waals surface area contributed by atoms with E-state index in [2.05, 4.69) is 10.3 Å². The molecule has 0 saturated carbocycles. The van der Waals surface area contributed by atoms with E-state index >= 15 is 0 Å². The molecule has 0 radical (unpaired) electrons. The van der Waals surface area contributed by atoms with Crippen LogP contribution in [0.15, 0.2) is 35.7 Å². The molecule has 1 aromatic carbocycles. The van der Waals surface area contributed by atoms with Gasteiger partial charge in [0, 0.05) is 22.0 Å². The van der Waals surface area contributed by atoms with Gasteiger partial charge >= 0.3 is 0 Å². The van der Waals surface area contributed by atoms with Crippen molar-refractivity contribution in [3.05, 3.63) is 52.5 Å². The summed E-state index contributed by atoms with van der Waals surface area (Å²) < 4.78 is 5.30. The number of anilines is 1. The zero-order chi connectivity index (χ0) is 16.4. The maximum atomic E-state index is 12.4. The van der Waals surface area contributed by atoms with Crippen LogP contribution in [0.5, 0.6) is 5.75 Å². The van der Waals surface area contributed by atoms with Crippen LogP contribution in [0, 0.1) is 13.8 Å². The molecule has 4 nitrogen and oxygen atoms in total. The smallest absolute Gasteiger partial charge is 0.228 e. The summed E-state index contributed by atoms with van der Waals surface area (Å²) in [4.78, 5) is 17.9. The fourth-order valence-corrected chi connectivity index (χ4v) is 3.69. The number of methoxy groups -OCH3 is 1. The van der Waals surface area contributed by atoms with E-state index in [9.17, 15) is 4.79 Å². The highest BCUT2D eigenvalue weighted by atomic mass is 32.1. The summed E-state index contributed by atoms with van der Waals surface area (Å²) in [6.45, 7) is 4.02. The minimum absolute atomic E-state index is 0.0609. The summed E-state index contributed by atoms with van der Waals surface area (Å²) in [6, 6.07) is 9.59. The van der Waals surface area contributed by atoms with Crippen LogP contribution in [0.4, 0.5) is 5.69 Å². The largest absolute Gasteiger partial charge is 0.496 e. The van der Waals surface area contributed by atoms with E-state index in [4.69, 9.17) is 4.74 Å². The summed E-state index contributed by atoms with van der Waals surface area (Å²) in [5, 5.41) is 5.97. The molecule has 0 unspecified atom stereocenters. The zero-order valence-corrected chi connectivity index (χ0v) is 14.2. The molecule has 3 aromatic rings. The molecular formula is C18H18N2O2S. The molecule has 23 heavy (non-hydrogen) atoms. The number of pyridine rings is 1. The minimum Gasteiger partial charge on any atom is -0.496 e. The van der Waals surface area contributed by atoms with Gasteiger partial charge in [0.1, 0.15) is 10.6 Å². The average molecular weight is 326 g/mol. The molecule has 0 spiro atoms. The number of ether oxygens (including phenoxy) is 1. The monoisotopic (exact) mass is 326 g/mol. The van der Waals surface area contributed by atoms with Crippen molar-refractivity contribution in [2.45, 2.75) is 20.3 Å². The normalized spacial score (nSPS) is 10.7. The van der Waals surface area contributed by atoms with E-state index in [-0.39, 0.29) is 12.3 Å². The zero-order valence-electron chi connectivity index (χ0n) is 13.3. The van der Waals surface area contributed by atoms with Crippen LogP contribution in [0.25, 0.3) is 10.2 Å². The predicted octanol–water partition coefficient (Wildman–Crippen LogP) is 4.10. The van der Waals surface area contributed by atoms with Crippen molar-refractivity contribution in [2.24, 2.45) is 0 Å². The molecule has 118 valence electrons. The average Bonchev–Trinajstić information content (AvgIpc) is 2.90. The second-order valence-electron chi connectivity index (χ2n) is 5.45. The maximum Gasteiger partial charge on any atom is 0.228 e. The molecule has 0 aliphatic rings. The number of rotatable bonds is 4. The molecule has 2 aromatic heterocycles. The van der Waals surface area contributed by atoms with Gasteiger partial charge in [0.2, 0.25) is 5.91 Å². The second kappa shape index (κ2) is 6.38. The number of hydrogen-bond acceptors (Lipinski definition) is 4. The van der Waals surface area contributed by atoms with Gasteiger partial charge in [-0.05, 0) is 31.5 Å². The van der Waals surface area contributed by atoms with Gasteiger partial charge in [-0.2, -0.15) is 0 Å². The Morgan fingerprint density at radius 1 is 1.30 bits per heavy atom. The number of nitrogens with one attached hydrogen (secondary N) is 1. The molecule has 2 heterocycles. The Morgan fingerprint density at radius 2 is 2.09 bits per heavy atom. The van der Waals surface area contributed by atoms with Crippen molar-refractivity contribution in [3.63, 3.8) is 0 Å². The van der Waals surface area contributed by atoms with Gasteiger partial charge in [-0.1, -0.05) is 18.2 Å². The fraction of sp³-hybridized carbons (Fsp3) is 0.222. The van der Waals surface area contributed by atoms with Crippen molar-refractivity contribution in [2.75, 3.05) is 12.4 Å². The highest BCUT2D eigenvalue weighted by Crippen LogP contribution is 2.32. The van der Waals surface area contributed by atoms with Gasteiger partial charge < -0.3 is 10.1 Å². The van der Waals surface area contributed by atoms with E-state index in [1.807, 2.05) is 49.6 Å². The molecule has 3 rings (SSSR count). The van der Waals surface area contributed by atoms with E-state index in [1.54, 1.807) is 18.4 Å². The van der Waals surface area contributed by atoms with E-state index in [0.29, 0.717) is 0 Å². The van der Waals surface area contributed by atoms with Crippen LogP contribution >= 0.6 is 11.3 Å². The standard InChI is InChI=1S/C18H18N2O2S/c1-11-8-12(2)19-18-17(11)14(10-23-18)20-16(21)9-13-6-4-5-7-15(13)22-3/h4-8,10H,9H2,1-3H3,(H,20,21). The number of fused-ring (bicyclic) bond motifs is 1. The Morgan fingerprint density at radius 3 is 2.87 bits per heavy atom. The third-order valence-corrected chi connectivity index (χ3v) is 4.56. The number of hydrogen-bond donors (Lipinski definition) is 1. The third-order valence-electron chi connectivity index (χ3n) is 3.69. The lowest BCUT2D eigenvalue weighted by molar-refractivity contribution is -0.115. The lowest BCUT2D eigenvalue weighted by Gasteiger charge is -2.09. The summed E-state index contributed by atoms with van der Waals surface area (Å²) in [7, 11) is 1.61. The summed E-state index contributed by atoms with van der Waals surface area (Å²) in [5.74, 6) is 0.667. The Kier molecular flexibility index (Phi) is 4.30. The maximum absolute atomic E-state index is 12.4. The van der Waals surface area contributed by atoms with Crippen LogP contribution in [0.1, 0.15) is 16.8 Å². The van der Waals surface area contributed by atoms with Crippen molar-refractivity contribution in [1.82, 2.24) is 4.98 Å². The van der Waals surface area contributed by atoms with Crippen LogP contribution in [0.3, 0.4) is 0 Å². The first-order chi connectivity index (χ1) is 11.1. The van der Waals surface area contributed by atoms with Gasteiger partial charge in [-0.15, -0.1) is 11.3 Å². The van der Waals surface area contributed by atoms with Crippen molar-refractivity contribution in [3.8, 4) is 5.75 Å². The molecule has 1 amide bonds. The number of amides is 1. The molecule has 0 bridgehead atoms. The molecular weight excluding hydrogens is 308 g/mol. The van der Waals surface area contributed by atoms with E-state index in [0.717, 1.165) is 38.5 Å². The Labute approximate surface area is 139 Å². The highest BCUT2D eigenvalue weighted by Gasteiger charge is 2.13. The SMILES string of the molecule is COc1ccccc1CC(=O)Nc1csc2nc(C)cc(C)c12. The van der Waals surface area contributed by atoms with Crippen LogP contribution in [-0.2, 0) is 11.2 Å². The number of para-hydroxylation sites is 1. The third kappa shape index (κ3) is 3.19. The minimum atomic E-state index is -0.0609. The van der Waals surface area contributed by atoms with Crippen LogP contribution in [0.2, 0.25) is 0 Å². The molecule has 1 N–H and O–H groups in total. The predicted molar refractivity (Wildman–Crippen MR) is 94.4 cm³/mol. The fourth-order valence-electron chi connectivity index (χ4n) is 2.70. The number of carbonyl (C=O) groups excluding carboxylic acids is 1. The first-order valence-corrected chi connectivity index (χ1v) is 8.23.